The van der Waals surface area contributed by atoms with E-state index in [2.05, 4.69) is 5.32 Å². The van der Waals surface area contributed by atoms with Crippen molar-refractivity contribution in [3.63, 3.8) is 0 Å². The predicted octanol–water partition coefficient (Wildman–Crippen LogP) is 1.26. The van der Waals surface area contributed by atoms with E-state index < -0.39 is 0 Å². The second-order valence-corrected chi connectivity index (χ2v) is 3.76. The molecule has 0 saturated heterocycles. The van der Waals surface area contributed by atoms with Crippen molar-refractivity contribution in [1.82, 2.24) is 5.32 Å². The van der Waals surface area contributed by atoms with Crippen LogP contribution in [0.4, 0.5) is 0 Å². The largest absolute Gasteiger partial charge is 0.504 e. The summed E-state index contributed by atoms with van der Waals surface area (Å²) in [7, 11) is 1.53. The molecule has 0 amide bonds. The molecule has 0 fully saturated rings. The second-order valence-electron chi connectivity index (χ2n) is 3.76. The van der Waals surface area contributed by atoms with Gasteiger partial charge in [0.05, 0.1) is 7.11 Å². The van der Waals surface area contributed by atoms with Crippen LogP contribution in [0.1, 0.15) is 18.9 Å². The molecule has 4 heteroatoms. The van der Waals surface area contributed by atoms with Crippen molar-refractivity contribution < 1.29 is 14.9 Å². The quantitative estimate of drug-likeness (QED) is 0.682. The lowest BCUT2D eigenvalue weighted by atomic mass is 10.1. The van der Waals surface area contributed by atoms with E-state index >= 15 is 0 Å². The first-order valence-electron chi connectivity index (χ1n) is 5.38. The van der Waals surface area contributed by atoms with E-state index in [9.17, 15) is 5.11 Å². The average Bonchev–Trinajstić information content (AvgIpc) is 2.28. The zero-order valence-corrected chi connectivity index (χ0v) is 9.73. The number of phenols is 1. The van der Waals surface area contributed by atoms with Crippen LogP contribution in [0.5, 0.6) is 11.5 Å². The summed E-state index contributed by atoms with van der Waals surface area (Å²) in [6.45, 7) is 2.72. The van der Waals surface area contributed by atoms with Gasteiger partial charge < -0.3 is 20.3 Å². The van der Waals surface area contributed by atoms with E-state index in [0.717, 1.165) is 5.56 Å². The van der Waals surface area contributed by atoms with Crippen molar-refractivity contribution in [3.05, 3.63) is 23.8 Å². The van der Waals surface area contributed by atoms with Crippen LogP contribution in [-0.4, -0.2) is 30.0 Å². The predicted molar refractivity (Wildman–Crippen MR) is 62.7 cm³/mol. The van der Waals surface area contributed by atoms with Gasteiger partial charge in [-0.3, -0.25) is 0 Å². The Morgan fingerprint density at radius 1 is 1.44 bits per heavy atom. The molecule has 0 aliphatic carbocycles. The fourth-order valence-corrected chi connectivity index (χ4v) is 1.46. The number of rotatable bonds is 6. The molecule has 0 heterocycles. The Bertz CT molecular complexity index is 328. The lowest BCUT2D eigenvalue weighted by Crippen LogP contribution is -2.26. The molecule has 1 rings (SSSR count). The van der Waals surface area contributed by atoms with Gasteiger partial charge >= 0.3 is 0 Å². The zero-order chi connectivity index (χ0) is 12.0. The van der Waals surface area contributed by atoms with Crippen molar-refractivity contribution >= 4 is 0 Å². The van der Waals surface area contributed by atoms with Crippen LogP contribution in [0.3, 0.4) is 0 Å². The number of aromatic hydroxyl groups is 1. The van der Waals surface area contributed by atoms with E-state index in [1.54, 1.807) is 6.07 Å². The summed E-state index contributed by atoms with van der Waals surface area (Å²) in [4.78, 5) is 0. The van der Waals surface area contributed by atoms with E-state index in [-0.39, 0.29) is 18.4 Å². The molecule has 3 N–H and O–H groups in total. The number of aliphatic hydroxyl groups excluding tert-OH is 1. The van der Waals surface area contributed by atoms with E-state index in [1.807, 2.05) is 19.1 Å². The third-order valence-corrected chi connectivity index (χ3v) is 2.51. The molecule has 1 atom stereocenters. The second kappa shape index (κ2) is 6.35. The van der Waals surface area contributed by atoms with Crippen molar-refractivity contribution in [2.75, 3.05) is 13.7 Å². The lowest BCUT2D eigenvalue weighted by molar-refractivity contribution is 0.268. The molecular weight excluding hydrogens is 206 g/mol. The maximum absolute atomic E-state index is 9.82. The molecule has 1 aromatic carbocycles. The fourth-order valence-electron chi connectivity index (χ4n) is 1.46. The maximum atomic E-state index is 9.82. The van der Waals surface area contributed by atoms with Crippen LogP contribution < -0.4 is 10.1 Å². The molecular formula is C12H19NO3. The number of nitrogens with one attached hydrogen (secondary N) is 1. The Labute approximate surface area is 95.9 Å². The molecule has 0 radical (unpaired) electrons. The number of methoxy groups -OCH3 is 1. The van der Waals surface area contributed by atoms with Crippen LogP contribution >= 0.6 is 0 Å². The van der Waals surface area contributed by atoms with Gasteiger partial charge in [0.2, 0.25) is 0 Å². The van der Waals surface area contributed by atoms with Crippen LogP contribution in [0.15, 0.2) is 18.2 Å². The molecule has 0 saturated carbocycles. The first-order chi connectivity index (χ1) is 7.69. The molecule has 0 unspecified atom stereocenters. The molecule has 0 bridgehead atoms. The van der Waals surface area contributed by atoms with Gasteiger partial charge in [0.25, 0.3) is 0 Å². The smallest absolute Gasteiger partial charge is 0.162 e. The summed E-state index contributed by atoms with van der Waals surface area (Å²) in [6.07, 6.45) is 0.699. The first-order valence-corrected chi connectivity index (χ1v) is 5.38. The standard InChI is InChI=1S/C12H19NO3/c1-9(6-7-14)13-8-10-4-3-5-11(16-2)12(10)15/h3-5,9,13-15H,6-8H2,1-2H3/t9-/m1/s1. The Hall–Kier alpha value is -1.26. The van der Waals surface area contributed by atoms with Gasteiger partial charge in [-0.25, -0.2) is 0 Å². The minimum atomic E-state index is 0.165. The van der Waals surface area contributed by atoms with Gasteiger partial charge in [-0.15, -0.1) is 0 Å². The van der Waals surface area contributed by atoms with Gasteiger partial charge in [0.15, 0.2) is 11.5 Å². The number of hydrogen-bond donors (Lipinski definition) is 3. The Kier molecular flexibility index (Phi) is 5.08. The number of benzene rings is 1. The highest BCUT2D eigenvalue weighted by Gasteiger charge is 2.08. The molecule has 4 nitrogen and oxygen atoms in total. The number of hydrogen-bond acceptors (Lipinski definition) is 4. The summed E-state index contributed by atoms with van der Waals surface area (Å²) < 4.78 is 5.02. The molecule has 90 valence electrons. The molecule has 0 aliphatic rings. The topological polar surface area (TPSA) is 61.7 Å². The first kappa shape index (κ1) is 12.8. The van der Waals surface area contributed by atoms with Gasteiger partial charge in [0.1, 0.15) is 0 Å². The van der Waals surface area contributed by atoms with Crippen LogP contribution in [-0.2, 0) is 6.54 Å². The third-order valence-electron chi connectivity index (χ3n) is 2.51. The van der Waals surface area contributed by atoms with Gasteiger partial charge in [-0.1, -0.05) is 12.1 Å². The summed E-state index contributed by atoms with van der Waals surface area (Å²) in [5.74, 6) is 0.655. The Balaban J connectivity index is 2.60. The van der Waals surface area contributed by atoms with E-state index in [1.165, 1.54) is 7.11 Å². The van der Waals surface area contributed by atoms with Crippen LogP contribution in [0.2, 0.25) is 0 Å². The van der Waals surface area contributed by atoms with E-state index in [0.29, 0.717) is 18.7 Å². The molecule has 16 heavy (non-hydrogen) atoms. The summed E-state index contributed by atoms with van der Waals surface area (Å²) in [6, 6.07) is 5.62. The Morgan fingerprint density at radius 2 is 2.19 bits per heavy atom. The molecule has 0 spiro atoms. The number of phenolic OH excluding ortho intramolecular Hbond substituents is 1. The van der Waals surface area contributed by atoms with E-state index in [4.69, 9.17) is 9.84 Å². The fraction of sp³-hybridized carbons (Fsp3) is 0.500. The van der Waals surface area contributed by atoms with Crippen molar-refractivity contribution in [3.8, 4) is 11.5 Å². The van der Waals surface area contributed by atoms with Crippen molar-refractivity contribution in [2.24, 2.45) is 0 Å². The SMILES string of the molecule is COc1cccc(CN[C@H](C)CCO)c1O. The van der Waals surface area contributed by atoms with Gasteiger partial charge in [-0.05, 0) is 19.4 Å². The highest BCUT2D eigenvalue weighted by atomic mass is 16.5. The van der Waals surface area contributed by atoms with Gasteiger partial charge in [-0.2, -0.15) is 0 Å². The van der Waals surface area contributed by atoms with Crippen molar-refractivity contribution in [2.45, 2.75) is 25.9 Å². The number of para-hydroxylation sites is 1. The highest BCUT2D eigenvalue weighted by Crippen LogP contribution is 2.29. The third kappa shape index (κ3) is 3.40. The van der Waals surface area contributed by atoms with Crippen LogP contribution in [0.25, 0.3) is 0 Å². The average molecular weight is 225 g/mol. The minimum Gasteiger partial charge on any atom is -0.504 e. The molecule has 0 aliphatic heterocycles. The minimum absolute atomic E-state index is 0.165. The lowest BCUT2D eigenvalue weighted by Gasteiger charge is -2.14. The Morgan fingerprint density at radius 3 is 2.81 bits per heavy atom. The molecule has 1 aromatic rings. The normalized spacial score (nSPS) is 12.4. The van der Waals surface area contributed by atoms with Crippen molar-refractivity contribution in [1.29, 1.82) is 0 Å². The molecule has 0 aromatic heterocycles. The number of aliphatic hydroxyl groups is 1. The highest BCUT2D eigenvalue weighted by molar-refractivity contribution is 5.45. The van der Waals surface area contributed by atoms with Crippen LogP contribution in [0, 0.1) is 0 Å². The summed E-state index contributed by atoms with van der Waals surface area (Å²) >= 11 is 0. The van der Waals surface area contributed by atoms with Gasteiger partial charge in [0, 0.05) is 24.8 Å². The zero-order valence-electron chi connectivity index (χ0n) is 9.73. The number of ether oxygens (including phenoxy) is 1. The maximum Gasteiger partial charge on any atom is 0.162 e. The monoisotopic (exact) mass is 225 g/mol. The summed E-state index contributed by atoms with van der Waals surface area (Å²) in [5.41, 5.74) is 0.795. The summed E-state index contributed by atoms with van der Waals surface area (Å²) in [5, 5.41) is 21.8.